The maximum absolute atomic E-state index is 6.04. The van der Waals surface area contributed by atoms with Crippen molar-refractivity contribution in [2.75, 3.05) is 41.7 Å². The molecule has 104 valence electrons. The Morgan fingerprint density at radius 1 is 1.10 bits per heavy atom. The minimum atomic E-state index is 0.628. The summed E-state index contributed by atoms with van der Waals surface area (Å²) >= 11 is 6.04. The van der Waals surface area contributed by atoms with Gasteiger partial charge in [-0.25, -0.2) is 9.97 Å². The lowest BCUT2D eigenvalue weighted by Crippen LogP contribution is -2.47. The first-order chi connectivity index (χ1) is 9.74. The maximum Gasteiger partial charge on any atom is 0.155 e. The molecular formula is C14H16ClN5. The highest BCUT2D eigenvalue weighted by Gasteiger charge is 2.19. The molecule has 2 aromatic rings. The van der Waals surface area contributed by atoms with Crippen LogP contribution >= 0.6 is 11.6 Å². The van der Waals surface area contributed by atoms with Crippen LogP contribution < -0.4 is 15.5 Å². The summed E-state index contributed by atoms with van der Waals surface area (Å²) in [6.45, 7) is 3.61. The third kappa shape index (κ3) is 2.63. The largest absolute Gasteiger partial charge is 0.394 e. The lowest BCUT2D eigenvalue weighted by Gasteiger charge is -2.37. The van der Waals surface area contributed by atoms with E-state index in [0.717, 1.165) is 42.7 Å². The van der Waals surface area contributed by atoms with E-state index in [9.17, 15) is 0 Å². The molecule has 6 heteroatoms. The summed E-state index contributed by atoms with van der Waals surface area (Å²) in [6, 6.07) is 7.95. The summed E-state index contributed by atoms with van der Waals surface area (Å²) in [7, 11) is 0. The number of nitrogen functional groups attached to an aromatic ring is 1. The molecule has 2 N–H and O–H groups in total. The van der Waals surface area contributed by atoms with Crippen LogP contribution in [0.25, 0.3) is 0 Å². The molecule has 3 rings (SSSR count). The summed E-state index contributed by atoms with van der Waals surface area (Å²) in [4.78, 5) is 12.7. The average molecular weight is 290 g/mol. The highest BCUT2D eigenvalue weighted by molar-refractivity contribution is 6.30. The van der Waals surface area contributed by atoms with Crippen molar-refractivity contribution in [3.8, 4) is 0 Å². The van der Waals surface area contributed by atoms with Gasteiger partial charge in [0.05, 0.1) is 11.9 Å². The number of nitrogens with zero attached hydrogens (tertiary/aromatic N) is 4. The van der Waals surface area contributed by atoms with E-state index in [1.54, 1.807) is 6.20 Å². The first-order valence-electron chi connectivity index (χ1n) is 6.55. The Balaban J connectivity index is 1.70. The van der Waals surface area contributed by atoms with Crippen LogP contribution in [0.1, 0.15) is 0 Å². The molecule has 20 heavy (non-hydrogen) atoms. The molecule has 0 unspecified atom stereocenters. The third-order valence-electron chi connectivity index (χ3n) is 3.47. The van der Waals surface area contributed by atoms with E-state index in [-0.39, 0.29) is 0 Å². The Labute approximate surface area is 123 Å². The molecule has 1 aromatic carbocycles. The predicted molar refractivity (Wildman–Crippen MR) is 82.3 cm³/mol. The molecule has 2 heterocycles. The fraction of sp³-hybridized carbons (Fsp3) is 0.286. The van der Waals surface area contributed by atoms with E-state index in [4.69, 9.17) is 17.3 Å². The van der Waals surface area contributed by atoms with Crippen molar-refractivity contribution in [3.63, 3.8) is 0 Å². The topological polar surface area (TPSA) is 58.3 Å². The van der Waals surface area contributed by atoms with Crippen molar-refractivity contribution in [1.29, 1.82) is 0 Å². The zero-order chi connectivity index (χ0) is 13.9. The van der Waals surface area contributed by atoms with Crippen molar-refractivity contribution in [2.24, 2.45) is 0 Å². The number of piperazine rings is 1. The van der Waals surface area contributed by atoms with Gasteiger partial charge in [-0.2, -0.15) is 0 Å². The second-order valence-corrected chi connectivity index (χ2v) is 5.19. The molecule has 5 nitrogen and oxygen atoms in total. The molecule has 0 radical (unpaired) electrons. The third-order valence-corrected chi connectivity index (χ3v) is 3.71. The molecule has 0 spiro atoms. The number of halogens is 1. The lowest BCUT2D eigenvalue weighted by atomic mass is 10.2. The maximum atomic E-state index is 6.04. The minimum Gasteiger partial charge on any atom is -0.394 e. The summed E-state index contributed by atoms with van der Waals surface area (Å²) < 4.78 is 0. The molecule has 1 aromatic heterocycles. The quantitative estimate of drug-likeness (QED) is 0.917. The summed E-state index contributed by atoms with van der Waals surface area (Å²) in [6.07, 6.45) is 3.18. The molecule has 1 aliphatic heterocycles. The first kappa shape index (κ1) is 13.0. The monoisotopic (exact) mass is 289 g/mol. The zero-order valence-electron chi connectivity index (χ0n) is 11.0. The Hall–Kier alpha value is -2.01. The normalized spacial score (nSPS) is 15.4. The van der Waals surface area contributed by atoms with Gasteiger partial charge in [0.2, 0.25) is 0 Å². The summed E-state index contributed by atoms with van der Waals surface area (Å²) in [5.74, 6) is 0.825. The Morgan fingerprint density at radius 3 is 2.55 bits per heavy atom. The number of benzene rings is 1. The van der Waals surface area contributed by atoms with Gasteiger partial charge in [-0.3, -0.25) is 0 Å². The van der Waals surface area contributed by atoms with Gasteiger partial charge in [-0.1, -0.05) is 17.7 Å². The SMILES string of the molecule is Nc1cncnc1N1CCN(c2cccc(Cl)c2)CC1. The van der Waals surface area contributed by atoms with Gasteiger partial charge in [-0.05, 0) is 18.2 Å². The van der Waals surface area contributed by atoms with E-state index < -0.39 is 0 Å². The minimum absolute atomic E-state index is 0.628. The Morgan fingerprint density at radius 2 is 1.85 bits per heavy atom. The second-order valence-electron chi connectivity index (χ2n) is 4.76. The molecular weight excluding hydrogens is 274 g/mol. The van der Waals surface area contributed by atoms with E-state index in [0.29, 0.717) is 5.69 Å². The molecule has 0 amide bonds. The van der Waals surface area contributed by atoms with Gasteiger partial charge < -0.3 is 15.5 Å². The van der Waals surface area contributed by atoms with Gasteiger partial charge in [0.25, 0.3) is 0 Å². The number of rotatable bonds is 2. The Kier molecular flexibility index (Phi) is 3.60. The molecule has 0 atom stereocenters. The predicted octanol–water partition coefficient (Wildman–Crippen LogP) is 2.04. The number of hydrogen-bond acceptors (Lipinski definition) is 5. The molecule has 0 saturated carbocycles. The Bertz CT molecular complexity index is 596. The van der Waals surface area contributed by atoms with Crippen molar-refractivity contribution in [2.45, 2.75) is 0 Å². The molecule has 1 saturated heterocycles. The van der Waals surface area contributed by atoms with Crippen molar-refractivity contribution >= 4 is 28.8 Å². The summed E-state index contributed by atoms with van der Waals surface area (Å²) in [5, 5.41) is 0.768. The van der Waals surface area contributed by atoms with Crippen LogP contribution in [0, 0.1) is 0 Å². The number of aromatic nitrogens is 2. The van der Waals surface area contributed by atoms with Crippen LogP contribution in [0.5, 0.6) is 0 Å². The van der Waals surface area contributed by atoms with Gasteiger partial charge in [0, 0.05) is 36.9 Å². The van der Waals surface area contributed by atoms with Crippen molar-refractivity contribution in [3.05, 3.63) is 41.8 Å². The van der Waals surface area contributed by atoms with Gasteiger partial charge in [0.1, 0.15) is 6.33 Å². The highest BCUT2D eigenvalue weighted by atomic mass is 35.5. The van der Waals surface area contributed by atoms with Crippen LogP contribution in [0.3, 0.4) is 0 Å². The average Bonchev–Trinajstić information content (AvgIpc) is 2.48. The standard InChI is InChI=1S/C14H16ClN5/c15-11-2-1-3-12(8-11)19-4-6-20(7-5-19)14-13(16)9-17-10-18-14/h1-3,8-10H,4-7,16H2. The number of hydrogen-bond donors (Lipinski definition) is 1. The smallest absolute Gasteiger partial charge is 0.155 e. The highest BCUT2D eigenvalue weighted by Crippen LogP contribution is 2.24. The fourth-order valence-corrected chi connectivity index (χ4v) is 2.63. The van der Waals surface area contributed by atoms with Crippen LogP contribution in [0.2, 0.25) is 5.02 Å². The van der Waals surface area contributed by atoms with E-state index in [1.165, 1.54) is 6.33 Å². The fourth-order valence-electron chi connectivity index (χ4n) is 2.45. The zero-order valence-corrected chi connectivity index (χ0v) is 11.8. The summed E-state index contributed by atoms with van der Waals surface area (Å²) in [5.41, 5.74) is 7.71. The first-order valence-corrected chi connectivity index (χ1v) is 6.93. The lowest BCUT2D eigenvalue weighted by molar-refractivity contribution is 0.647. The molecule has 1 aliphatic rings. The second kappa shape index (κ2) is 5.54. The van der Waals surface area contributed by atoms with Gasteiger partial charge in [0.15, 0.2) is 5.82 Å². The van der Waals surface area contributed by atoms with E-state index in [1.807, 2.05) is 18.2 Å². The molecule has 0 bridgehead atoms. The van der Waals surface area contributed by atoms with E-state index >= 15 is 0 Å². The van der Waals surface area contributed by atoms with Crippen LogP contribution in [0.4, 0.5) is 17.2 Å². The van der Waals surface area contributed by atoms with Gasteiger partial charge in [-0.15, -0.1) is 0 Å². The molecule has 1 fully saturated rings. The van der Waals surface area contributed by atoms with Crippen LogP contribution in [-0.2, 0) is 0 Å². The number of nitrogens with two attached hydrogens (primary N) is 1. The van der Waals surface area contributed by atoms with E-state index in [2.05, 4.69) is 25.8 Å². The number of anilines is 3. The van der Waals surface area contributed by atoms with Crippen molar-refractivity contribution in [1.82, 2.24) is 9.97 Å². The molecule has 0 aliphatic carbocycles. The van der Waals surface area contributed by atoms with Crippen molar-refractivity contribution < 1.29 is 0 Å². The van der Waals surface area contributed by atoms with Gasteiger partial charge >= 0.3 is 0 Å². The van der Waals surface area contributed by atoms with Crippen LogP contribution in [0.15, 0.2) is 36.8 Å². The van der Waals surface area contributed by atoms with Crippen LogP contribution in [-0.4, -0.2) is 36.1 Å².